The van der Waals surface area contributed by atoms with Crippen molar-refractivity contribution in [3.63, 3.8) is 0 Å². The third-order valence-corrected chi connectivity index (χ3v) is 5.82. The monoisotopic (exact) mass is 437 g/mol. The lowest BCUT2D eigenvalue weighted by atomic mass is 9.72. The summed E-state index contributed by atoms with van der Waals surface area (Å²) in [6, 6.07) is 15.0. The maximum absolute atomic E-state index is 13.1. The fourth-order valence-corrected chi connectivity index (χ4v) is 4.13. The Kier molecular flexibility index (Phi) is 7.07. The smallest absolute Gasteiger partial charge is 0.247 e. The number of methoxy groups -OCH3 is 1. The van der Waals surface area contributed by atoms with Gasteiger partial charge in [0.2, 0.25) is 11.8 Å². The van der Waals surface area contributed by atoms with E-state index >= 15 is 0 Å². The molecule has 0 spiro atoms. The largest absolute Gasteiger partial charge is 0.497 e. The van der Waals surface area contributed by atoms with Gasteiger partial charge in [-0.2, -0.15) is 0 Å². The molecule has 0 saturated carbocycles. The quantitative estimate of drug-likeness (QED) is 0.522. The molecule has 0 radical (unpaired) electrons. The number of carbonyl (C=O) groups is 2. The number of rotatable bonds is 6. The van der Waals surface area contributed by atoms with Crippen LogP contribution in [0.2, 0.25) is 0 Å². The summed E-state index contributed by atoms with van der Waals surface area (Å²) in [5.74, 6) is -0.814. The zero-order valence-electron chi connectivity index (χ0n) is 18.0. The molecule has 2 aromatic rings. The molecule has 0 aliphatic heterocycles. The molecule has 7 heteroatoms. The standard InChI is InChI=1S/C24H27N3O3S/c1-14-13-18(27-17-7-5-6-8-19(17)31)22(24(29)26-3)21(20(14)23(28)25-2)15-9-11-16(30-4)12-10-15/h5-13,21-22,27,31H,1-4H3,(H,25,28)(H,26,29). The summed E-state index contributed by atoms with van der Waals surface area (Å²) >= 11 is 4.52. The summed E-state index contributed by atoms with van der Waals surface area (Å²) in [6.07, 6.45) is 1.87. The number of amides is 2. The molecule has 1 aliphatic rings. The van der Waals surface area contributed by atoms with Crippen LogP contribution in [0.5, 0.6) is 5.75 Å². The van der Waals surface area contributed by atoms with Gasteiger partial charge in [0.25, 0.3) is 0 Å². The molecule has 2 amide bonds. The Labute approximate surface area is 188 Å². The third kappa shape index (κ3) is 4.61. The van der Waals surface area contributed by atoms with E-state index in [0.717, 1.165) is 21.7 Å². The summed E-state index contributed by atoms with van der Waals surface area (Å²) in [4.78, 5) is 26.8. The van der Waals surface area contributed by atoms with Crippen molar-refractivity contribution < 1.29 is 14.3 Å². The molecule has 2 aromatic carbocycles. The van der Waals surface area contributed by atoms with E-state index in [0.29, 0.717) is 17.0 Å². The predicted molar refractivity (Wildman–Crippen MR) is 125 cm³/mol. The van der Waals surface area contributed by atoms with Gasteiger partial charge in [0.15, 0.2) is 0 Å². The van der Waals surface area contributed by atoms with Gasteiger partial charge >= 0.3 is 0 Å². The van der Waals surface area contributed by atoms with Gasteiger partial charge in [-0.05, 0) is 48.4 Å². The highest BCUT2D eigenvalue weighted by atomic mass is 32.1. The van der Waals surface area contributed by atoms with Crippen LogP contribution in [-0.2, 0) is 9.59 Å². The van der Waals surface area contributed by atoms with E-state index in [4.69, 9.17) is 4.74 Å². The molecule has 3 rings (SSSR count). The lowest BCUT2D eigenvalue weighted by Gasteiger charge is -2.35. The third-order valence-electron chi connectivity index (χ3n) is 5.43. The first-order valence-corrected chi connectivity index (χ1v) is 10.4. The highest BCUT2D eigenvalue weighted by Gasteiger charge is 2.40. The van der Waals surface area contributed by atoms with E-state index in [1.165, 1.54) is 0 Å². The Morgan fingerprint density at radius 2 is 1.68 bits per heavy atom. The summed E-state index contributed by atoms with van der Waals surface area (Å²) < 4.78 is 5.28. The zero-order valence-corrected chi connectivity index (χ0v) is 18.9. The van der Waals surface area contributed by atoms with Crippen molar-refractivity contribution in [3.05, 3.63) is 77.0 Å². The van der Waals surface area contributed by atoms with Gasteiger partial charge in [0.05, 0.1) is 18.7 Å². The van der Waals surface area contributed by atoms with E-state index in [2.05, 4.69) is 28.6 Å². The number of anilines is 1. The van der Waals surface area contributed by atoms with Crippen molar-refractivity contribution in [1.82, 2.24) is 10.6 Å². The maximum Gasteiger partial charge on any atom is 0.247 e. The first kappa shape index (κ1) is 22.5. The first-order valence-electron chi connectivity index (χ1n) is 9.96. The van der Waals surface area contributed by atoms with Crippen LogP contribution < -0.4 is 20.7 Å². The second kappa shape index (κ2) is 9.75. The van der Waals surface area contributed by atoms with Crippen LogP contribution in [0, 0.1) is 5.92 Å². The van der Waals surface area contributed by atoms with Gasteiger partial charge in [0, 0.05) is 36.2 Å². The fourth-order valence-electron chi connectivity index (χ4n) is 3.91. The van der Waals surface area contributed by atoms with Crippen LogP contribution in [0.15, 0.2) is 76.3 Å². The number of nitrogens with one attached hydrogen (secondary N) is 3. The zero-order chi connectivity index (χ0) is 22.5. The summed E-state index contributed by atoms with van der Waals surface area (Å²) in [7, 11) is 4.79. The summed E-state index contributed by atoms with van der Waals surface area (Å²) in [5.41, 5.74) is 3.69. The normalized spacial score (nSPS) is 18.2. The number of carbonyl (C=O) groups excluding carboxylic acids is 2. The molecule has 3 N–H and O–H groups in total. The first-order chi connectivity index (χ1) is 14.9. The second-order valence-electron chi connectivity index (χ2n) is 7.26. The number of hydrogen-bond acceptors (Lipinski definition) is 5. The van der Waals surface area contributed by atoms with Gasteiger partial charge in [0.1, 0.15) is 5.75 Å². The number of hydrogen-bond donors (Lipinski definition) is 4. The molecule has 0 saturated heterocycles. The molecule has 0 fully saturated rings. The van der Waals surface area contributed by atoms with Crippen LogP contribution in [0.25, 0.3) is 0 Å². The van der Waals surface area contributed by atoms with Gasteiger partial charge < -0.3 is 20.7 Å². The molecule has 0 bridgehead atoms. The average molecular weight is 438 g/mol. The Balaban J connectivity index is 2.18. The molecular formula is C24H27N3O3S. The minimum Gasteiger partial charge on any atom is -0.497 e. The van der Waals surface area contributed by atoms with E-state index in [1.807, 2.05) is 61.5 Å². The lowest BCUT2D eigenvalue weighted by Crippen LogP contribution is -2.40. The number of likely N-dealkylation sites (N-methyl/N-ethyl adjacent to an activating group) is 1. The summed E-state index contributed by atoms with van der Waals surface area (Å²) in [6.45, 7) is 1.88. The molecule has 162 valence electrons. The van der Waals surface area contributed by atoms with Crippen molar-refractivity contribution in [1.29, 1.82) is 0 Å². The van der Waals surface area contributed by atoms with Crippen LogP contribution >= 0.6 is 12.6 Å². The van der Waals surface area contributed by atoms with Crippen molar-refractivity contribution in [3.8, 4) is 5.75 Å². The number of allylic oxidation sites excluding steroid dienone is 2. The molecular weight excluding hydrogens is 410 g/mol. The highest BCUT2D eigenvalue weighted by Crippen LogP contribution is 2.43. The number of ether oxygens (including phenoxy) is 1. The van der Waals surface area contributed by atoms with Crippen molar-refractivity contribution in [2.24, 2.45) is 5.92 Å². The predicted octanol–water partition coefficient (Wildman–Crippen LogP) is 3.50. The minimum atomic E-state index is -0.637. The Morgan fingerprint density at radius 1 is 1.00 bits per heavy atom. The molecule has 6 nitrogen and oxygen atoms in total. The van der Waals surface area contributed by atoms with Gasteiger partial charge in [-0.15, -0.1) is 12.6 Å². The van der Waals surface area contributed by atoms with E-state index in [-0.39, 0.29) is 11.8 Å². The Bertz CT molecular complexity index is 1040. The molecule has 1 aliphatic carbocycles. The van der Waals surface area contributed by atoms with E-state index < -0.39 is 11.8 Å². The van der Waals surface area contributed by atoms with Gasteiger partial charge in [-0.1, -0.05) is 24.3 Å². The van der Waals surface area contributed by atoms with Crippen molar-refractivity contribution in [2.75, 3.05) is 26.5 Å². The van der Waals surface area contributed by atoms with E-state index in [9.17, 15) is 9.59 Å². The van der Waals surface area contributed by atoms with Gasteiger partial charge in [-0.25, -0.2) is 0 Å². The topological polar surface area (TPSA) is 79.5 Å². The molecule has 2 atom stereocenters. The Morgan fingerprint density at radius 3 is 2.26 bits per heavy atom. The highest BCUT2D eigenvalue weighted by molar-refractivity contribution is 7.80. The number of benzene rings is 2. The lowest BCUT2D eigenvalue weighted by molar-refractivity contribution is -0.124. The van der Waals surface area contributed by atoms with E-state index in [1.54, 1.807) is 21.2 Å². The number of thiol groups is 1. The molecule has 2 unspecified atom stereocenters. The van der Waals surface area contributed by atoms with Crippen molar-refractivity contribution in [2.45, 2.75) is 17.7 Å². The minimum absolute atomic E-state index is 0.190. The summed E-state index contributed by atoms with van der Waals surface area (Å²) in [5, 5.41) is 8.86. The van der Waals surface area contributed by atoms with Crippen LogP contribution in [-0.4, -0.2) is 33.0 Å². The number of para-hydroxylation sites is 1. The molecule has 0 aromatic heterocycles. The fraction of sp³-hybridized carbons (Fsp3) is 0.250. The maximum atomic E-state index is 13.1. The van der Waals surface area contributed by atoms with Crippen LogP contribution in [0.3, 0.4) is 0 Å². The Hall–Kier alpha value is -3.19. The van der Waals surface area contributed by atoms with Crippen molar-refractivity contribution >= 4 is 30.1 Å². The van der Waals surface area contributed by atoms with Crippen LogP contribution in [0.1, 0.15) is 18.4 Å². The van der Waals surface area contributed by atoms with Gasteiger partial charge in [-0.3, -0.25) is 9.59 Å². The average Bonchev–Trinajstić information content (AvgIpc) is 2.79. The SMILES string of the molecule is CNC(=O)C1=C(C)C=C(Nc2ccccc2S)C(C(=O)NC)C1c1ccc(OC)cc1. The molecule has 31 heavy (non-hydrogen) atoms. The second-order valence-corrected chi connectivity index (χ2v) is 7.74. The van der Waals surface area contributed by atoms with Crippen LogP contribution in [0.4, 0.5) is 5.69 Å². The molecule has 0 heterocycles.